The lowest BCUT2D eigenvalue weighted by Gasteiger charge is -2.23. The molecule has 0 spiro atoms. The normalized spacial score (nSPS) is 11.7. The van der Waals surface area contributed by atoms with Crippen LogP contribution in [0.4, 0.5) is 11.4 Å². The number of rotatable bonds is 8. The number of carbonyl (C=O) groups excluding carboxylic acids is 2. The standard InChI is InChI=1S/C21H27N3O3/c1-14(2)21(16-8-6-5-7-9-16)22-13-20(26)24-18-12-17(23-15(3)25)10-11-19(18)27-4/h5-12,14,21-22H,13H2,1-4H3,(H,23,25)(H,24,26). The average Bonchev–Trinajstić information content (AvgIpc) is 2.62. The van der Waals surface area contributed by atoms with Gasteiger partial charge in [-0.1, -0.05) is 44.2 Å². The smallest absolute Gasteiger partial charge is 0.238 e. The molecule has 0 aliphatic rings. The molecule has 6 heteroatoms. The van der Waals surface area contributed by atoms with E-state index < -0.39 is 0 Å². The summed E-state index contributed by atoms with van der Waals surface area (Å²) in [6, 6.07) is 15.2. The molecule has 0 bridgehead atoms. The number of nitrogens with one attached hydrogen (secondary N) is 3. The van der Waals surface area contributed by atoms with Crippen molar-refractivity contribution in [2.45, 2.75) is 26.8 Å². The Labute approximate surface area is 160 Å². The van der Waals surface area contributed by atoms with Crippen LogP contribution in [0.5, 0.6) is 5.75 Å². The van der Waals surface area contributed by atoms with Gasteiger partial charge in [-0.05, 0) is 29.7 Å². The molecule has 0 fully saturated rings. The van der Waals surface area contributed by atoms with Crippen molar-refractivity contribution in [3.8, 4) is 5.75 Å². The zero-order chi connectivity index (χ0) is 19.8. The van der Waals surface area contributed by atoms with E-state index in [2.05, 4.69) is 41.9 Å². The highest BCUT2D eigenvalue weighted by Gasteiger charge is 2.17. The topological polar surface area (TPSA) is 79.5 Å². The van der Waals surface area contributed by atoms with Crippen molar-refractivity contribution >= 4 is 23.2 Å². The van der Waals surface area contributed by atoms with E-state index in [9.17, 15) is 9.59 Å². The van der Waals surface area contributed by atoms with Gasteiger partial charge in [-0.15, -0.1) is 0 Å². The number of hydrogen-bond acceptors (Lipinski definition) is 4. The van der Waals surface area contributed by atoms with Gasteiger partial charge in [-0.2, -0.15) is 0 Å². The molecule has 0 aromatic heterocycles. The molecule has 1 atom stereocenters. The van der Waals surface area contributed by atoms with Crippen molar-refractivity contribution in [1.29, 1.82) is 0 Å². The third-order valence-corrected chi connectivity index (χ3v) is 4.10. The van der Waals surface area contributed by atoms with E-state index in [-0.39, 0.29) is 24.4 Å². The van der Waals surface area contributed by atoms with Crippen LogP contribution < -0.4 is 20.7 Å². The number of ether oxygens (including phenoxy) is 1. The quantitative estimate of drug-likeness (QED) is 0.664. The summed E-state index contributed by atoms with van der Waals surface area (Å²) < 4.78 is 5.29. The Hall–Kier alpha value is -2.86. The summed E-state index contributed by atoms with van der Waals surface area (Å²) in [6.07, 6.45) is 0. The second-order valence-electron chi connectivity index (χ2n) is 6.66. The molecule has 27 heavy (non-hydrogen) atoms. The van der Waals surface area contributed by atoms with Crippen LogP contribution >= 0.6 is 0 Å². The summed E-state index contributed by atoms with van der Waals surface area (Å²) in [5, 5.41) is 8.86. The summed E-state index contributed by atoms with van der Waals surface area (Å²) in [5.41, 5.74) is 2.25. The van der Waals surface area contributed by atoms with Crippen LogP contribution in [0.2, 0.25) is 0 Å². The van der Waals surface area contributed by atoms with E-state index in [0.717, 1.165) is 5.56 Å². The van der Waals surface area contributed by atoms with Crippen molar-refractivity contribution in [2.75, 3.05) is 24.3 Å². The molecule has 3 N–H and O–H groups in total. The van der Waals surface area contributed by atoms with Gasteiger partial charge in [0.2, 0.25) is 11.8 Å². The van der Waals surface area contributed by atoms with Gasteiger partial charge in [0.25, 0.3) is 0 Å². The third kappa shape index (κ3) is 6.11. The van der Waals surface area contributed by atoms with Gasteiger partial charge < -0.3 is 20.7 Å². The van der Waals surface area contributed by atoms with Gasteiger partial charge >= 0.3 is 0 Å². The van der Waals surface area contributed by atoms with Gasteiger partial charge in [0.15, 0.2) is 0 Å². The van der Waals surface area contributed by atoms with Crippen molar-refractivity contribution in [2.24, 2.45) is 5.92 Å². The van der Waals surface area contributed by atoms with Crippen LogP contribution in [0.25, 0.3) is 0 Å². The Morgan fingerprint density at radius 3 is 2.33 bits per heavy atom. The number of carbonyl (C=O) groups is 2. The number of benzene rings is 2. The van der Waals surface area contributed by atoms with Crippen LogP contribution in [0, 0.1) is 5.92 Å². The molecule has 0 radical (unpaired) electrons. The zero-order valence-electron chi connectivity index (χ0n) is 16.2. The summed E-state index contributed by atoms with van der Waals surface area (Å²) in [6.45, 7) is 5.82. The SMILES string of the molecule is COc1ccc(NC(C)=O)cc1NC(=O)CNC(c1ccccc1)C(C)C. The molecule has 0 heterocycles. The number of amides is 2. The molecule has 6 nitrogen and oxygen atoms in total. The first-order chi connectivity index (χ1) is 12.9. The summed E-state index contributed by atoms with van der Waals surface area (Å²) in [4.78, 5) is 23.7. The molecule has 0 aliphatic carbocycles. The molecular formula is C21H27N3O3. The lowest BCUT2D eigenvalue weighted by molar-refractivity contribution is -0.116. The average molecular weight is 369 g/mol. The number of methoxy groups -OCH3 is 1. The lowest BCUT2D eigenvalue weighted by atomic mass is 9.96. The van der Waals surface area contributed by atoms with E-state index in [1.807, 2.05) is 18.2 Å². The fourth-order valence-corrected chi connectivity index (χ4v) is 2.88. The van der Waals surface area contributed by atoms with Gasteiger partial charge in [0.05, 0.1) is 19.3 Å². The molecule has 0 saturated carbocycles. The second-order valence-corrected chi connectivity index (χ2v) is 6.66. The largest absolute Gasteiger partial charge is 0.495 e. The molecular weight excluding hydrogens is 342 g/mol. The van der Waals surface area contributed by atoms with Crippen LogP contribution in [0.1, 0.15) is 32.4 Å². The Morgan fingerprint density at radius 2 is 1.74 bits per heavy atom. The fraction of sp³-hybridized carbons (Fsp3) is 0.333. The van der Waals surface area contributed by atoms with Gasteiger partial charge in [0, 0.05) is 18.7 Å². The summed E-state index contributed by atoms with van der Waals surface area (Å²) in [5.74, 6) is 0.496. The van der Waals surface area contributed by atoms with Crippen LogP contribution in [0.15, 0.2) is 48.5 Å². The molecule has 0 aliphatic heterocycles. The van der Waals surface area contributed by atoms with Crippen LogP contribution in [-0.2, 0) is 9.59 Å². The van der Waals surface area contributed by atoms with Gasteiger partial charge in [-0.25, -0.2) is 0 Å². The predicted molar refractivity (Wildman–Crippen MR) is 108 cm³/mol. The second kappa shape index (κ2) is 9.73. The Kier molecular flexibility index (Phi) is 7.37. The molecule has 1 unspecified atom stereocenters. The highest BCUT2D eigenvalue weighted by atomic mass is 16.5. The molecule has 2 aromatic carbocycles. The minimum absolute atomic E-state index is 0.0737. The minimum atomic E-state index is -0.185. The van der Waals surface area contributed by atoms with Gasteiger partial charge in [0.1, 0.15) is 5.75 Å². The van der Waals surface area contributed by atoms with E-state index in [0.29, 0.717) is 23.0 Å². The maximum atomic E-state index is 12.5. The van der Waals surface area contributed by atoms with Crippen molar-refractivity contribution in [1.82, 2.24) is 5.32 Å². The Balaban J connectivity index is 2.05. The van der Waals surface area contributed by atoms with Crippen molar-refractivity contribution in [3.05, 3.63) is 54.1 Å². The Bertz CT molecular complexity index is 775. The maximum Gasteiger partial charge on any atom is 0.238 e. The first kappa shape index (κ1) is 20.5. The monoisotopic (exact) mass is 369 g/mol. The van der Waals surface area contributed by atoms with Crippen molar-refractivity contribution < 1.29 is 14.3 Å². The van der Waals surface area contributed by atoms with E-state index in [1.165, 1.54) is 14.0 Å². The third-order valence-electron chi connectivity index (χ3n) is 4.10. The zero-order valence-corrected chi connectivity index (χ0v) is 16.2. The van der Waals surface area contributed by atoms with Gasteiger partial charge in [-0.3, -0.25) is 9.59 Å². The molecule has 0 saturated heterocycles. The van der Waals surface area contributed by atoms with Crippen molar-refractivity contribution in [3.63, 3.8) is 0 Å². The lowest BCUT2D eigenvalue weighted by Crippen LogP contribution is -2.33. The number of anilines is 2. The minimum Gasteiger partial charge on any atom is -0.495 e. The molecule has 144 valence electrons. The van der Waals surface area contributed by atoms with E-state index >= 15 is 0 Å². The predicted octanol–water partition coefficient (Wildman–Crippen LogP) is 3.58. The number of hydrogen-bond donors (Lipinski definition) is 3. The summed E-state index contributed by atoms with van der Waals surface area (Å²) in [7, 11) is 1.53. The highest BCUT2D eigenvalue weighted by molar-refractivity contribution is 5.95. The van der Waals surface area contributed by atoms with E-state index in [4.69, 9.17) is 4.74 Å². The highest BCUT2D eigenvalue weighted by Crippen LogP contribution is 2.28. The molecule has 2 aromatic rings. The summed E-state index contributed by atoms with van der Waals surface area (Å²) >= 11 is 0. The fourth-order valence-electron chi connectivity index (χ4n) is 2.88. The van der Waals surface area contributed by atoms with Crippen LogP contribution in [-0.4, -0.2) is 25.5 Å². The van der Waals surface area contributed by atoms with E-state index in [1.54, 1.807) is 18.2 Å². The molecule has 2 amide bonds. The first-order valence-electron chi connectivity index (χ1n) is 8.94. The Morgan fingerprint density at radius 1 is 1.04 bits per heavy atom. The van der Waals surface area contributed by atoms with Crippen LogP contribution in [0.3, 0.4) is 0 Å². The first-order valence-corrected chi connectivity index (χ1v) is 8.94. The molecule has 2 rings (SSSR count). The maximum absolute atomic E-state index is 12.5.